The molecule has 1 amide bonds. The molecule has 1 aliphatic rings. The van der Waals surface area contributed by atoms with Gasteiger partial charge in [-0.15, -0.1) is 0 Å². The van der Waals surface area contributed by atoms with Crippen molar-refractivity contribution >= 4 is 5.91 Å². The second kappa shape index (κ2) is 8.23. The lowest BCUT2D eigenvalue weighted by Crippen LogP contribution is -2.46. The van der Waals surface area contributed by atoms with E-state index in [0.29, 0.717) is 38.2 Å². The fraction of sp³-hybridized carbons (Fsp3) is 0.421. The quantitative estimate of drug-likeness (QED) is 0.880. The Hall–Kier alpha value is -2.54. The number of hydrogen-bond donors (Lipinski definition) is 1. The van der Waals surface area contributed by atoms with E-state index >= 15 is 0 Å². The van der Waals surface area contributed by atoms with Crippen LogP contribution in [0.1, 0.15) is 23.2 Å². The Morgan fingerprint density at radius 2 is 2.27 bits per heavy atom. The zero-order valence-corrected chi connectivity index (χ0v) is 14.7. The van der Waals surface area contributed by atoms with Gasteiger partial charge < -0.3 is 14.6 Å². The number of halogens is 1. The van der Waals surface area contributed by atoms with Gasteiger partial charge in [0, 0.05) is 24.8 Å². The van der Waals surface area contributed by atoms with Gasteiger partial charge in [0.25, 0.3) is 5.56 Å². The molecule has 138 valence electrons. The molecule has 1 N–H and O–H groups in total. The monoisotopic (exact) mass is 359 g/mol. The van der Waals surface area contributed by atoms with Crippen LogP contribution in [0.25, 0.3) is 0 Å². The van der Waals surface area contributed by atoms with Crippen LogP contribution in [0, 0.1) is 12.7 Å². The fourth-order valence-electron chi connectivity index (χ4n) is 3.11. The SMILES string of the molecule is Cc1cc(F)ccc1CC(=O)N1CCOC(CCc2cc(=O)[nH]cn2)C1. The molecule has 1 aromatic heterocycles. The Bertz CT molecular complexity index is 837. The number of morpholine rings is 1. The first-order valence-electron chi connectivity index (χ1n) is 8.69. The molecule has 6 nitrogen and oxygen atoms in total. The van der Waals surface area contributed by atoms with Crippen LogP contribution in [0.15, 0.2) is 35.4 Å². The lowest BCUT2D eigenvalue weighted by Gasteiger charge is -2.33. The molecule has 2 aromatic rings. The molecule has 0 radical (unpaired) electrons. The molecule has 2 heterocycles. The van der Waals surface area contributed by atoms with Crippen LogP contribution in [-0.2, 0) is 22.4 Å². The van der Waals surface area contributed by atoms with E-state index in [0.717, 1.165) is 11.1 Å². The van der Waals surface area contributed by atoms with E-state index in [-0.39, 0.29) is 29.8 Å². The topological polar surface area (TPSA) is 75.3 Å². The minimum absolute atomic E-state index is 0.0160. The van der Waals surface area contributed by atoms with Crippen LogP contribution in [0.3, 0.4) is 0 Å². The summed E-state index contributed by atoms with van der Waals surface area (Å²) in [6.45, 7) is 3.37. The minimum Gasteiger partial charge on any atom is -0.375 e. The zero-order valence-electron chi connectivity index (χ0n) is 14.7. The molecule has 3 rings (SSSR count). The van der Waals surface area contributed by atoms with E-state index in [2.05, 4.69) is 9.97 Å². The first-order valence-corrected chi connectivity index (χ1v) is 8.69. The maximum Gasteiger partial charge on any atom is 0.250 e. The Kier molecular flexibility index (Phi) is 5.78. The Morgan fingerprint density at radius 1 is 1.42 bits per heavy atom. The predicted octanol–water partition coefficient (Wildman–Crippen LogP) is 1.62. The molecule has 1 unspecified atom stereocenters. The molecular weight excluding hydrogens is 337 g/mol. The highest BCUT2D eigenvalue weighted by molar-refractivity contribution is 5.79. The summed E-state index contributed by atoms with van der Waals surface area (Å²) in [5.41, 5.74) is 2.16. The van der Waals surface area contributed by atoms with E-state index < -0.39 is 0 Å². The third-order valence-electron chi connectivity index (χ3n) is 4.60. The van der Waals surface area contributed by atoms with Gasteiger partial charge in [-0.2, -0.15) is 0 Å². The number of amides is 1. The highest BCUT2D eigenvalue weighted by Gasteiger charge is 2.24. The summed E-state index contributed by atoms with van der Waals surface area (Å²) in [7, 11) is 0. The van der Waals surface area contributed by atoms with Gasteiger partial charge in [0.2, 0.25) is 5.91 Å². The number of nitrogens with zero attached hydrogens (tertiary/aromatic N) is 2. The first kappa shape index (κ1) is 18.3. The van der Waals surface area contributed by atoms with Crippen molar-refractivity contribution in [2.24, 2.45) is 0 Å². The molecule has 0 aliphatic carbocycles. The second-order valence-corrected chi connectivity index (χ2v) is 6.52. The second-order valence-electron chi connectivity index (χ2n) is 6.52. The average Bonchev–Trinajstić information content (AvgIpc) is 2.62. The van der Waals surface area contributed by atoms with Crippen LogP contribution in [0.2, 0.25) is 0 Å². The van der Waals surface area contributed by atoms with Gasteiger partial charge in [-0.1, -0.05) is 6.07 Å². The summed E-state index contributed by atoms with van der Waals surface area (Å²) >= 11 is 0. The fourth-order valence-corrected chi connectivity index (χ4v) is 3.11. The van der Waals surface area contributed by atoms with Crippen LogP contribution in [0.4, 0.5) is 4.39 Å². The summed E-state index contributed by atoms with van der Waals surface area (Å²) < 4.78 is 18.9. The number of aryl methyl sites for hydroxylation is 2. The Balaban J connectivity index is 1.55. The third kappa shape index (κ3) is 4.76. The predicted molar refractivity (Wildman–Crippen MR) is 94.3 cm³/mol. The van der Waals surface area contributed by atoms with Crippen molar-refractivity contribution in [3.63, 3.8) is 0 Å². The summed E-state index contributed by atoms with van der Waals surface area (Å²) in [4.78, 5) is 32.3. The van der Waals surface area contributed by atoms with Gasteiger partial charge in [-0.3, -0.25) is 9.59 Å². The van der Waals surface area contributed by atoms with E-state index in [1.165, 1.54) is 24.5 Å². The van der Waals surface area contributed by atoms with Crippen LogP contribution in [-0.4, -0.2) is 46.6 Å². The van der Waals surface area contributed by atoms with Crippen molar-refractivity contribution in [1.82, 2.24) is 14.9 Å². The molecule has 1 aliphatic heterocycles. The van der Waals surface area contributed by atoms with Crippen molar-refractivity contribution < 1.29 is 13.9 Å². The molecule has 0 bridgehead atoms. The summed E-state index contributed by atoms with van der Waals surface area (Å²) in [5.74, 6) is -0.277. The number of rotatable bonds is 5. The zero-order chi connectivity index (χ0) is 18.5. The van der Waals surface area contributed by atoms with Gasteiger partial charge in [0.15, 0.2) is 0 Å². The number of aromatic nitrogens is 2. The molecular formula is C19H22FN3O3. The maximum absolute atomic E-state index is 13.2. The van der Waals surface area contributed by atoms with E-state index in [9.17, 15) is 14.0 Å². The Labute approximate surface area is 151 Å². The normalized spacial score (nSPS) is 17.3. The molecule has 7 heteroatoms. The number of H-pyrrole nitrogens is 1. The summed E-state index contributed by atoms with van der Waals surface area (Å²) in [5, 5.41) is 0. The smallest absolute Gasteiger partial charge is 0.250 e. The number of ether oxygens (including phenoxy) is 1. The number of carbonyl (C=O) groups excluding carboxylic acids is 1. The number of aromatic amines is 1. The van der Waals surface area contributed by atoms with Crippen LogP contribution in [0.5, 0.6) is 0 Å². The van der Waals surface area contributed by atoms with Crippen molar-refractivity contribution in [2.45, 2.75) is 32.3 Å². The number of carbonyl (C=O) groups is 1. The van der Waals surface area contributed by atoms with E-state index in [1.807, 2.05) is 6.92 Å². The summed E-state index contributed by atoms with van der Waals surface area (Å²) in [6, 6.07) is 5.97. The highest BCUT2D eigenvalue weighted by Crippen LogP contribution is 2.15. The van der Waals surface area contributed by atoms with Gasteiger partial charge in [0.1, 0.15) is 5.82 Å². The molecule has 1 atom stereocenters. The molecule has 0 saturated carbocycles. The molecule has 0 spiro atoms. The molecule has 1 fully saturated rings. The molecule has 1 saturated heterocycles. The van der Waals surface area contributed by atoms with Gasteiger partial charge in [-0.05, 0) is 43.0 Å². The number of hydrogen-bond acceptors (Lipinski definition) is 4. The van der Waals surface area contributed by atoms with E-state index in [4.69, 9.17) is 4.74 Å². The maximum atomic E-state index is 13.2. The standard InChI is InChI=1S/C19H22FN3O3/c1-13-8-15(20)3-2-14(13)9-19(25)23-6-7-26-17(11-23)5-4-16-10-18(24)22-12-21-16/h2-3,8,10,12,17H,4-7,9,11H2,1H3,(H,21,22,24). The van der Waals surface area contributed by atoms with Crippen molar-refractivity contribution in [3.8, 4) is 0 Å². The van der Waals surface area contributed by atoms with Gasteiger partial charge >= 0.3 is 0 Å². The number of nitrogens with one attached hydrogen (secondary N) is 1. The highest BCUT2D eigenvalue weighted by atomic mass is 19.1. The molecule has 26 heavy (non-hydrogen) atoms. The Morgan fingerprint density at radius 3 is 3.04 bits per heavy atom. The van der Waals surface area contributed by atoms with Crippen LogP contribution < -0.4 is 5.56 Å². The minimum atomic E-state index is -0.293. The van der Waals surface area contributed by atoms with Gasteiger partial charge in [-0.25, -0.2) is 9.37 Å². The summed E-state index contributed by atoms with van der Waals surface area (Å²) in [6.07, 6.45) is 2.88. The van der Waals surface area contributed by atoms with Gasteiger partial charge in [0.05, 0.1) is 25.5 Å². The number of benzene rings is 1. The average molecular weight is 359 g/mol. The molecule has 1 aromatic carbocycles. The lowest BCUT2D eigenvalue weighted by atomic mass is 10.0. The third-order valence-corrected chi connectivity index (χ3v) is 4.60. The van der Waals surface area contributed by atoms with Crippen LogP contribution >= 0.6 is 0 Å². The van der Waals surface area contributed by atoms with Crippen molar-refractivity contribution in [1.29, 1.82) is 0 Å². The largest absolute Gasteiger partial charge is 0.375 e. The van der Waals surface area contributed by atoms with E-state index in [1.54, 1.807) is 11.0 Å². The first-order chi connectivity index (χ1) is 12.5. The van der Waals surface area contributed by atoms with Crippen molar-refractivity contribution in [2.75, 3.05) is 19.7 Å². The van der Waals surface area contributed by atoms with Crippen molar-refractivity contribution in [3.05, 3.63) is 63.6 Å². The lowest BCUT2D eigenvalue weighted by molar-refractivity contribution is -0.138.